The van der Waals surface area contributed by atoms with Gasteiger partial charge in [0.1, 0.15) is 9.92 Å². The fourth-order valence-corrected chi connectivity index (χ4v) is 3.74. The van der Waals surface area contributed by atoms with Gasteiger partial charge in [-0.05, 0) is 24.3 Å². The minimum atomic E-state index is -3.67. The first kappa shape index (κ1) is 19.8. The van der Waals surface area contributed by atoms with Crippen molar-refractivity contribution in [2.45, 2.75) is 0 Å². The molecule has 1 fully saturated rings. The van der Waals surface area contributed by atoms with Crippen LogP contribution < -0.4 is 4.72 Å². The maximum Gasteiger partial charge on any atom is 0.301 e. The summed E-state index contributed by atoms with van der Waals surface area (Å²) in [6.45, 7) is 1.30. The lowest BCUT2D eigenvalue weighted by atomic mass is 10.2. The molecule has 2 rings (SSSR count). The van der Waals surface area contributed by atoms with Gasteiger partial charge in [0.15, 0.2) is 0 Å². The Bertz CT molecular complexity index is 836. The van der Waals surface area contributed by atoms with Gasteiger partial charge in [0.2, 0.25) is 0 Å². The number of ether oxygens (including phenoxy) is 1. The number of rotatable bonds is 5. The van der Waals surface area contributed by atoms with Gasteiger partial charge in [0, 0.05) is 44.7 Å². The van der Waals surface area contributed by atoms with E-state index >= 15 is 0 Å². The van der Waals surface area contributed by atoms with E-state index in [1.165, 1.54) is 39.1 Å². The van der Waals surface area contributed by atoms with Crippen LogP contribution in [0, 0.1) is 0 Å². The van der Waals surface area contributed by atoms with Crippen LogP contribution in [0.3, 0.4) is 0 Å². The molecular formula is C14H22N4O5S2. The summed E-state index contributed by atoms with van der Waals surface area (Å²) in [4.78, 5) is 12.1. The third-order valence-electron chi connectivity index (χ3n) is 3.62. The minimum Gasteiger partial charge on any atom is -0.379 e. The average Bonchev–Trinajstić information content (AvgIpc) is 2.55. The Morgan fingerprint density at radius 3 is 2.24 bits per heavy atom. The molecule has 1 aliphatic heterocycles. The highest BCUT2D eigenvalue weighted by atomic mass is 32.2. The summed E-state index contributed by atoms with van der Waals surface area (Å²) in [7, 11) is -3.29. The lowest BCUT2D eigenvalue weighted by Gasteiger charge is -2.26. The lowest BCUT2D eigenvalue weighted by molar-refractivity contribution is 0.0733. The summed E-state index contributed by atoms with van der Waals surface area (Å²) in [6.07, 6.45) is 1.37. The van der Waals surface area contributed by atoms with Gasteiger partial charge in [-0.1, -0.05) is 0 Å². The minimum absolute atomic E-state index is 0.228. The van der Waals surface area contributed by atoms with E-state index in [2.05, 4.69) is 9.08 Å². The molecule has 0 spiro atoms. The second-order valence-electron chi connectivity index (χ2n) is 5.67. The molecule has 1 aromatic carbocycles. The first-order valence-corrected chi connectivity index (χ1v) is 10.8. The molecule has 0 bridgehead atoms. The number of benzene rings is 1. The molecule has 11 heteroatoms. The van der Waals surface area contributed by atoms with Crippen molar-refractivity contribution in [3.05, 3.63) is 29.8 Å². The fraction of sp³-hybridized carbons (Fsp3) is 0.500. The van der Waals surface area contributed by atoms with Crippen molar-refractivity contribution in [2.24, 2.45) is 4.36 Å². The zero-order chi connectivity index (χ0) is 18.7. The van der Waals surface area contributed by atoms with Crippen molar-refractivity contribution in [1.82, 2.24) is 8.61 Å². The quantitative estimate of drug-likeness (QED) is 0.782. The summed E-state index contributed by atoms with van der Waals surface area (Å²) >= 11 is 0. The van der Waals surface area contributed by atoms with Crippen LogP contribution in [0.2, 0.25) is 0 Å². The van der Waals surface area contributed by atoms with Crippen LogP contribution in [-0.2, 0) is 24.9 Å². The molecule has 1 aromatic rings. The first-order valence-electron chi connectivity index (χ1n) is 7.51. The normalized spacial score (nSPS) is 18.6. The van der Waals surface area contributed by atoms with E-state index in [1.807, 2.05) is 0 Å². The molecular weight excluding hydrogens is 368 g/mol. The van der Waals surface area contributed by atoms with E-state index < -0.39 is 26.0 Å². The molecule has 1 unspecified atom stereocenters. The Kier molecular flexibility index (Phi) is 6.16. The van der Waals surface area contributed by atoms with Crippen molar-refractivity contribution in [1.29, 1.82) is 0 Å². The molecule has 0 radical (unpaired) electrons. The van der Waals surface area contributed by atoms with Crippen LogP contribution in [0.5, 0.6) is 0 Å². The Labute approximate surface area is 148 Å². The van der Waals surface area contributed by atoms with Gasteiger partial charge in [-0.3, -0.25) is 9.52 Å². The molecule has 1 atom stereocenters. The highest BCUT2D eigenvalue weighted by molar-refractivity contribution is 7.91. The van der Waals surface area contributed by atoms with Crippen LogP contribution in [-0.4, -0.2) is 73.8 Å². The Hall–Kier alpha value is -1.53. The van der Waals surface area contributed by atoms with Crippen LogP contribution >= 0.6 is 0 Å². The number of carbonyl (C=O) groups is 1. The smallest absolute Gasteiger partial charge is 0.301 e. The zero-order valence-corrected chi connectivity index (χ0v) is 16.0. The van der Waals surface area contributed by atoms with Gasteiger partial charge in [-0.2, -0.15) is 12.7 Å². The number of carbonyl (C=O) groups excluding carboxylic acids is 1. The van der Waals surface area contributed by atoms with Crippen LogP contribution in [0.25, 0.3) is 0 Å². The number of nitrogens with zero attached hydrogens (tertiary/aromatic N) is 3. The van der Waals surface area contributed by atoms with Crippen molar-refractivity contribution in [2.75, 3.05) is 51.4 Å². The number of amides is 1. The SMILES string of the molecule is CN(C)S(C)(=O)=NC(=O)c1ccc(NS(=O)(=O)N2CCOCC2)cc1. The van der Waals surface area contributed by atoms with Gasteiger partial charge < -0.3 is 4.74 Å². The van der Waals surface area contributed by atoms with E-state index in [0.717, 1.165) is 0 Å². The Morgan fingerprint density at radius 1 is 1.16 bits per heavy atom. The number of anilines is 1. The molecule has 1 N–H and O–H groups in total. The zero-order valence-electron chi connectivity index (χ0n) is 14.3. The van der Waals surface area contributed by atoms with Gasteiger partial charge in [0.25, 0.3) is 5.91 Å². The molecule has 0 aromatic heterocycles. The van der Waals surface area contributed by atoms with E-state index in [1.54, 1.807) is 14.1 Å². The first-order chi connectivity index (χ1) is 11.6. The molecule has 25 heavy (non-hydrogen) atoms. The summed E-state index contributed by atoms with van der Waals surface area (Å²) in [6, 6.07) is 5.81. The molecule has 1 aliphatic rings. The number of hydrogen-bond donors (Lipinski definition) is 1. The van der Waals surface area contributed by atoms with Crippen molar-refractivity contribution in [3.8, 4) is 0 Å². The van der Waals surface area contributed by atoms with E-state index in [0.29, 0.717) is 32.0 Å². The third kappa shape index (κ3) is 5.22. The van der Waals surface area contributed by atoms with Gasteiger partial charge in [-0.25, -0.2) is 8.51 Å². The maximum absolute atomic E-state index is 12.3. The van der Waals surface area contributed by atoms with E-state index in [4.69, 9.17) is 4.74 Å². The molecule has 140 valence electrons. The Morgan fingerprint density at radius 2 is 1.72 bits per heavy atom. The van der Waals surface area contributed by atoms with Crippen LogP contribution in [0.4, 0.5) is 5.69 Å². The van der Waals surface area contributed by atoms with E-state index in [-0.39, 0.29) is 5.56 Å². The standard InChI is InChI=1S/C14H22N4O5S2/c1-17(2)24(3,20)16-14(19)12-4-6-13(7-5-12)15-25(21,22)18-8-10-23-11-9-18/h4-7,15H,8-11H2,1-3H3. The highest BCUT2D eigenvalue weighted by Gasteiger charge is 2.24. The second kappa shape index (κ2) is 7.79. The number of hydrogen-bond acceptors (Lipinski definition) is 5. The Balaban J connectivity index is 2.12. The van der Waals surface area contributed by atoms with Crippen LogP contribution in [0.15, 0.2) is 28.6 Å². The molecule has 1 heterocycles. The van der Waals surface area contributed by atoms with Crippen LogP contribution in [0.1, 0.15) is 10.4 Å². The topological polar surface area (TPSA) is 108 Å². The molecule has 0 aliphatic carbocycles. The maximum atomic E-state index is 12.3. The fourth-order valence-electron chi connectivity index (χ4n) is 1.97. The highest BCUT2D eigenvalue weighted by Crippen LogP contribution is 2.15. The van der Waals surface area contributed by atoms with Gasteiger partial charge in [-0.15, -0.1) is 4.36 Å². The van der Waals surface area contributed by atoms with Crippen molar-refractivity contribution >= 4 is 31.7 Å². The number of nitrogens with one attached hydrogen (secondary N) is 1. The number of morpholine rings is 1. The van der Waals surface area contributed by atoms with Gasteiger partial charge >= 0.3 is 10.2 Å². The predicted molar refractivity (Wildman–Crippen MR) is 95.9 cm³/mol. The predicted octanol–water partition coefficient (Wildman–Crippen LogP) is 0.390. The van der Waals surface area contributed by atoms with Crippen molar-refractivity contribution < 1.29 is 22.2 Å². The van der Waals surface area contributed by atoms with Gasteiger partial charge in [0.05, 0.1) is 13.2 Å². The molecule has 0 saturated carbocycles. The summed E-state index contributed by atoms with van der Waals surface area (Å²) in [5, 5.41) is 0. The van der Waals surface area contributed by atoms with Crippen molar-refractivity contribution in [3.63, 3.8) is 0 Å². The summed E-state index contributed by atoms with van der Waals surface area (Å²) in [5.41, 5.74) is 0.554. The summed E-state index contributed by atoms with van der Waals surface area (Å²) < 4.78 is 50.6. The second-order valence-corrected chi connectivity index (χ2v) is 9.78. The third-order valence-corrected chi connectivity index (χ3v) is 7.02. The lowest BCUT2D eigenvalue weighted by Crippen LogP contribution is -2.43. The monoisotopic (exact) mass is 390 g/mol. The molecule has 1 saturated heterocycles. The summed E-state index contributed by atoms with van der Waals surface area (Å²) in [5.74, 6) is -0.621. The molecule has 9 nitrogen and oxygen atoms in total. The largest absolute Gasteiger partial charge is 0.379 e. The average molecular weight is 390 g/mol. The molecule has 1 amide bonds. The van der Waals surface area contributed by atoms with E-state index in [9.17, 15) is 17.4 Å².